The molecule has 1 saturated heterocycles. The van der Waals surface area contributed by atoms with Gasteiger partial charge in [0.25, 0.3) is 0 Å². The maximum Gasteiger partial charge on any atom is 0.234 e. The Hall–Kier alpha value is -1.90. The third-order valence-electron chi connectivity index (χ3n) is 4.47. The summed E-state index contributed by atoms with van der Waals surface area (Å²) in [7, 11) is 0. The number of hydrogen-bond donors (Lipinski definition) is 1. The first-order chi connectivity index (χ1) is 13.2. The zero-order valence-electron chi connectivity index (χ0n) is 16.5. The Labute approximate surface area is 168 Å². The first-order valence-corrected chi connectivity index (χ1v) is 10.2. The quantitative estimate of drug-likeness (QED) is 0.826. The van der Waals surface area contributed by atoms with Crippen LogP contribution in [-0.2, 0) is 11.3 Å². The number of nitrogens with one attached hydrogen (secondary N) is 1. The lowest BCUT2D eigenvalue weighted by Gasteiger charge is -2.34. The van der Waals surface area contributed by atoms with E-state index >= 15 is 0 Å². The summed E-state index contributed by atoms with van der Waals surface area (Å²) in [4.78, 5) is 21.1. The van der Waals surface area contributed by atoms with Crippen molar-refractivity contribution in [2.75, 3.05) is 32.7 Å². The minimum absolute atomic E-state index is 0.0528. The summed E-state index contributed by atoms with van der Waals surface area (Å²) in [6, 6.07) is 3.84. The van der Waals surface area contributed by atoms with Gasteiger partial charge >= 0.3 is 0 Å². The van der Waals surface area contributed by atoms with Crippen LogP contribution in [0.25, 0.3) is 11.3 Å². The first kappa shape index (κ1) is 20.8. The molecule has 5 nitrogen and oxygen atoms in total. The standard InChI is InChI=1S/C20H26F2N4OS/c1-20(2,3)24-18(27)11-25-6-8-26(9-7-25)12-19-23-17(13-28-19)14-4-5-15(21)16(22)10-14/h4-5,10,13H,6-9,11-12H2,1-3H3,(H,24,27). The van der Waals surface area contributed by atoms with E-state index < -0.39 is 11.6 Å². The van der Waals surface area contributed by atoms with E-state index in [9.17, 15) is 13.6 Å². The highest BCUT2D eigenvalue weighted by Gasteiger charge is 2.22. The number of thiazole rings is 1. The number of piperazine rings is 1. The van der Waals surface area contributed by atoms with Gasteiger partial charge in [0.05, 0.1) is 18.8 Å². The molecule has 8 heteroatoms. The minimum Gasteiger partial charge on any atom is -0.350 e. The summed E-state index contributed by atoms with van der Waals surface area (Å²) in [6.45, 7) is 10.5. The molecule has 1 N–H and O–H groups in total. The molecule has 1 aromatic heterocycles. The smallest absolute Gasteiger partial charge is 0.234 e. The maximum atomic E-state index is 13.4. The van der Waals surface area contributed by atoms with E-state index in [0.717, 1.165) is 43.8 Å². The molecule has 0 unspecified atom stereocenters. The highest BCUT2D eigenvalue weighted by atomic mass is 32.1. The zero-order chi connectivity index (χ0) is 20.3. The molecule has 0 saturated carbocycles. The highest BCUT2D eigenvalue weighted by Crippen LogP contribution is 2.24. The molecule has 0 bridgehead atoms. The largest absolute Gasteiger partial charge is 0.350 e. The Bertz CT molecular complexity index is 826. The van der Waals surface area contributed by atoms with Crippen LogP contribution in [-0.4, -0.2) is 59.0 Å². The molecular weight excluding hydrogens is 382 g/mol. The molecule has 1 fully saturated rings. The molecular formula is C20H26F2N4OS. The van der Waals surface area contributed by atoms with E-state index in [4.69, 9.17) is 0 Å². The van der Waals surface area contributed by atoms with E-state index in [0.29, 0.717) is 17.8 Å². The number of halogens is 2. The van der Waals surface area contributed by atoms with Crippen molar-refractivity contribution in [2.24, 2.45) is 0 Å². The molecule has 0 aliphatic carbocycles. The molecule has 2 aromatic rings. The second-order valence-electron chi connectivity index (χ2n) is 8.11. The summed E-state index contributed by atoms with van der Waals surface area (Å²) in [5.74, 6) is -1.66. The van der Waals surface area contributed by atoms with Gasteiger partial charge in [0.1, 0.15) is 5.01 Å². The monoisotopic (exact) mass is 408 g/mol. The number of aromatic nitrogens is 1. The number of carbonyl (C=O) groups is 1. The van der Waals surface area contributed by atoms with Crippen LogP contribution in [0.1, 0.15) is 25.8 Å². The number of carbonyl (C=O) groups excluding carboxylic acids is 1. The Kier molecular flexibility index (Phi) is 6.42. The normalized spacial score (nSPS) is 16.3. The second-order valence-corrected chi connectivity index (χ2v) is 9.05. The second kappa shape index (κ2) is 8.63. The SMILES string of the molecule is CC(C)(C)NC(=O)CN1CCN(Cc2nc(-c3ccc(F)c(F)c3)cs2)CC1. The van der Waals surface area contributed by atoms with Gasteiger partial charge in [-0.2, -0.15) is 0 Å². The lowest BCUT2D eigenvalue weighted by Crippen LogP contribution is -2.51. The molecule has 2 heterocycles. The fraction of sp³-hybridized carbons (Fsp3) is 0.500. The van der Waals surface area contributed by atoms with E-state index in [-0.39, 0.29) is 11.4 Å². The van der Waals surface area contributed by atoms with Crippen LogP contribution in [0, 0.1) is 11.6 Å². The Morgan fingerprint density at radius 2 is 1.82 bits per heavy atom. The van der Waals surface area contributed by atoms with Crippen LogP contribution in [0.3, 0.4) is 0 Å². The molecule has 0 radical (unpaired) electrons. The van der Waals surface area contributed by atoms with Crippen molar-refractivity contribution in [3.8, 4) is 11.3 Å². The zero-order valence-corrected chi connectivity index (χ0v) is 17.3. The van der Waals surface area contributed by atoms with Gasteiger partial charge in [-0.25, -0.2) is 13.8 Å². The van der Waals surface area contributed by atoms with Gasteiger partial charge < -0.3 is 5.32 Å². The van der Waals surface area contributed by atoms with Crippen LogP contribution in [0.5, 0.6) is 0 Å². The van der Waals surface area contributed by atoms with Gasteiger partial charge in [-0.05, 0) is 39.0 Å². The topological polar surface area (TPSA) is 48.5 Å². The number of benzene rings is 1. The van der Waals surface area contributed by atoms with Crippen molar-refractivity contribution in [3.05, 3.63) is 40.2 Å². The Morgan fingerprint density at radius 1 is 1.14 bits per heavy atom. The summed E-state index contributed by atoms with van der Waals surface area (Å²) in [5, 5.41) is 5.80. The van der Waals surface area contributed by atoms with E-state index in [1.165, 1.54) is 17.4 Å². The van der Waals surface area contributed by atoms with Gasteiger partial charge in [-0.15, -0.1) is 11.3 Å². The van der Waals surface area contributed by atoms with Crippen molar-refractivity contribution < 1.29 is 13.6 Å². The van der Waals surface area contributed by atoms with Crippen molar-refractivity contribution in [1.29, 1.82) is 0 Å². The van der Waals surface area contributed by atoms with Crippen molar-refractivity contribution >= 4 is 17.2 Å². The van der Waals surface area contributed by atoms with E-state index in [1.807, 2.05) is 26.2 Å². The van der Waals surface area contributed by atoms with Crippen molar-refractivity contribution in [1.82, 2.24) is 20.1 Å². The Balaban J connectivity index is 1.49. The molecule has 1 aromatic carbocycles. The maximum absolute atomic E-state index is 13.4. The number of rotatable bonds is 5. The molecule has 1 aliphatic heterocycles. The fourth-order valence-corrected chi connectivity index (χ4v) is 3.97. The van der Waals surface area contributed by atoms with Crippen LogP contribution >= 0.6 is 11.3 Å². The van der Waals surface area contributed by atoms with Crippen LogP contribution in [0.4, 0.5) is 8.78 Å². The number of hydrogen-bond acceptors (Lipinski definition) is 5. The Morgan fingerprint density at radius 3 is 2.46 bits per heavy atom. The third-order valence-corrected chi connectivity index (χ3v) is 5.31. The van der Waals surface area contributed by atoms with E-state index in [1.54, 1.807) is 6.07 Å². The highest BCUT2D eigenvalue weighted by molar-refractivity contribution is 7.09. The number of nitrogens with zero attached hydrogens (tertiary/aromatic N) is 3. The lowest BCUT2D eigenvalue weighted by atomic mass is 10.1. The molecule has 1 aliphatic rings. The summed E-state index contributed by atoms with van der Waals surface area (Å²) in [5.41, 5.74) is 1.03. The van der Waals surface area contributed by atoms with E-state index in [2.05, 4.69) is 20.1 Å². The van der Waals surface area contributed by atoms with Gasteiger partial charge in [-0.1, -0.05) is 0 Å². The minimum atomic E-state index is -0.862. The van der Waals surface area contributed by atoms with Gasteiger partial charge in [0.15, 0.2) is 11.6 Å². The first-order valence-electron chi connectivity index (χ1n) is 9.35. The molecule has 152 valence electrons. The van der Waals surface area contributed by atoms with Crippen molar-refractivity contribution in [3.63, 3.8) is 0 Å². The molecule has 3 rings (SSSR count). The average molecular weight is 409 g/mol. The van der Waals surface area contributed by atoms with Crippen LogP contribution in [0.15, 0.2) is 23.6 Å². The van der Waals surface area contributed by atoms with Gasteiger partial charge in [0.2, 0.25) is 5.91 Å². The van der Waals surface area contributed by atoms with Crippen molar-refractivity contribution in [2.45, 2.75) is 32.9 Å². The molecule has 28 heavy (non-hydrogen) atoms. The van der Waals surface area contributed by atoms with Crippen LogP contribution < -0.4 is 5.32 Å². The predicted octanol–water partition coefficient (Wildman–Crippen LogP) is 3.12. The summed E-state index contributed by atoms with van der Waals surface area (Å²) >= 11 is 1.52. The average Bonchev–Trinajstić information content (AvgIpc) is 3.06. The fourth-order valence-electron chi connectivity index (χ4n) is 3.13. The molecule has 1 amide bonds. The van der Waals surface area contributed by atoms with Gasteiger partial charge in [0, 0.05) is 42.7 Å². The summed E-state index contributed by atoms with van der Waals surface area (Å²) < 4.78 is 26.5. The molecule has 0 spiro atoms. The third kappa shape index (κ3) is 5.80. The van der Waals surface area contributed by atoms with Crippen LogP contribution in [0.2, 0.25) is 0 Å². The number of amides is 1. The predicted molar refractivity (Wildman–Crippen MR) is 107 cm³/mol. The summed E-state index contributed by atoms with van der Waals surface area (Å²) in [6.07, 6.45) is 0. The lowest BCUT2D eigenvalue weighted by molar-refractivity contribution is -0.124. The van der Waals surface area contributed by atoms with Gasteiger partial charge in [-0.3, -0.25) is 14.6 Å². The molecule has 0 atom stereocenters.